The number of ether oxygens (including phenoxy) is 1. The third-order valence-electron chi connectivity index (χ3n) is 4.13. The van der Waals surface area contributed by atoms with E-state index in [9.17, 15) is 9.59 Å². The number of benzene rings is 2. The van der Waals surface area contributed by atoms with Gasteiger partial charge < -0.3 is 10.1 Å². The van der Waals surface area contributed by atoms with Gasteiger partial charge in [0.15, 0.2) is 6.04 Å². The summed E-state index contributed by atoms with van der Waals surface area (Å²) in [5, 5.41) is 2.81. The quantitative estimate of drug-likeness (QED) is 0.811. The normalized spacial score (nSPS) is 17.2. The lowest BCUT2D eigenvalue weighted by atomic mass is 10.2. The van der Waals surface area contributed by atoms with E-state index in [-0.39, 0.29) is 18.2 Å². The minimum absolute atomic E-state index is 0.173. The van der Waals surface area contributed by atoms with Crippen LogP contribution in [0.25, 0.3) is 0 Å². The van der Waals surface area contributed by atoms with Gasteiger partial charge in [0.25, 0.3) is 5.91 Å². The van der Waals surface area contributed by atoms with E-state index in [1.54, 1.807) is 43.5 Å². The Bertz CT molecular complexity index is 808. The predicted molar refractivity (Wildman–Crippen MR) is 96.0 cm³/mol. The number of hydrogen-bond acceptors (Lipinski definition) is 3. The number of anilines is 1. The molecule has 2 aromatic rings. The number of imide groups is 1. The van der Waals surface area contributed by atoms with Crippen LogP contribution >= 0.6 is 23.2 Å². The molecule has 0 radical (unpaired) electrons. The second kappa shape index (κ2) is 7.44. The molecule has 2 N–H and O–H groups in total. The van der Waals surface area contributed by atoms with Gasteiger partial charge in [-0.05, 0) is 36.4 Å². The van der Waals surface area contributed by atoms with Crippen molar-refractivity contribution in [1.82, 2.24) is 0 Å². The maximum atomic E-state index is 12.6. The first kappa shape index (κ1) is 17.7. The van der Waals surface area contributed by atoms with E-state index in [0.717, 1.165) is 5.56 Å². The van der Waals surface area contributed by atoms with Crippen LogP contribution in [-0.2, 0) is 16.1 Å². The van der Waals surface area contributed by atoms with Crippen LogP contribution in [0, 0.1) is 0 Å². The topological polar surface area (TPSA) is 63.2 Å². The van der Waals surface area contributed by atoms with Gasteiger partial charge in [-0.25, -0.2) is 4.90 Å². The Morgan fingerprint density at radius 3 is 2.48 bits per heavy atom. The molecule has 130 valence electrons. The van der Waals surface area contributed by atoms with Gasteiger partial charge in [0.1, 0.15) is 12.3 Å². The Kier molecular flexibility index (Phi) is 5.27. The molecule has 2 aromatic carbocycles. The highest BCUT2D eigenvalue weighted by molar-refractivity contribution is 6.42. The molecule has 2 amide bonds. The maximum absolute atomic E-state index is 12.6. The molecule has 1 fully saturated rings. The summed E-state index contributed by atoms with van der Waals surface area (Å²) in [5.74, 6) is 0.256. The zero-order valence-corrected chi connectivity index (χ0v) is 15.1. The van der Waals surface area contributed by atoms with E-state index in [1.165, 1.54) is 4.90 Å². The average molecular weight is 380 g/mol. The average Bonchev–Trinajstić information content (AvgIpc) is 2.90. The molecule has 7 heteroatoms. The molecule has 0 unspecified atom stereocenters. The van der Waals surface area contributed by atoms with Crippen LogP contribution in [0.15, 0.2) is 42.5 Å². The highest BCUT2D eigenvalue weighted by Gasteiger charge is 2.42. The SMILES string of the molecule is COc1ccc(N2C(=O)C[C@H]([NH2+]Cc3ccc(Cl)c(Cl)c3)C2=O)cc1. The molecule has 5 nitrogen and oxygen atoms in total. The van der Waals surface area contributed by atoms with E-state index >= 15 is 0 Å². The highest BCUT2D eigenvalue weighted by atomic mass is 35.5. The summed E-state index contributed by atoms with van der Waals surface area (Å²) in [7, 11) is 1.56. The Labute approximate surface area is 155 Å². The first-order valence-electron chi connectivity index (χ1n) is 7.77. The fourth-order valence-electron chi connectivity index (χ4n) is 2.79. The largest absolute Gasteiger partial charge is 0.497 e. The van der Waals surface area contributed by atoms with E-state index < -0.39 is 6.04 Å². The lowest BCUT2D eigenvalue weighted by Gasteiger charge is -2.14. The van der Waals surface area contributed by atoms with Crippen molar-refractivity contribution in [3.05, 3.63) is 58.1 Å². The number of quaternary nitrogens is 1. The van der Waals surface area contributed by atoms with Crippen molar-refractivity contribution in [1.29, 1.82) is 0 Å². The van der Waals surface area contributed by atoms with E-state index in [0.29, 0.717) is 28.0 Å². The van der Waals surface area contributed by atoms with Crippen molar-refractivity contribution >= 4 is 40.7 Å². The van der Waals surface area contributed by atoms with Crippen LogP contribution in [0.3, 0.4) is 0 Å². The van der Waals surface area contributed by atoms with Gasteiger partial charge >= 0.3 is 0 Å². The Morgan fingerprint density at radius 2 is 1.84 bits per heavy atom. The van der Waals surface area contributed by atoms with Crippen LogP contribution in [0.1, 0.15) is 12.0 Å². The Hall–Kier alpha value is -2.08. The van der Waals surface area contributed by atoms with Crippen molar-refractivity contribution in [2.24, 2.45) is 0 Å². The van der Waals surface area contributed by atoms with Gasteiger partial charge in [0.2, 0.25) is 5.91 Å². The summed E-state index contributed by atoms with van der Waals surface area (Å²) in [6.45, 7) is 0.539. The van der Waals surface area contributed by atoms with Gasteiger partial charge in [0.05, 0.1) is 29.3 Å². The number of hydrogen-bond donors (Lipinski definition) is 1. The summed E-state index contributed by atoms with van der Waals surface area (Å²) < 4.78 is 5.10. The molecule has 1 aliphatic rings. The lowest BCUT2D eigenvalue weighted by Crippen LogP contribution is -2.90. The first-order chi connectivity index (χ1) is 12.0. The third-order valence-corrected chi connectivity index (χ3v) is 4.87. The standard InChI is InChI=1S/C18H16Cl2N2O3/c1-25-13-5-3-12(4-6-13)22-17(23)9-16(18(22)24)21-10-11-2-7-14(19)15(20)8-11/h2-8,16,21H,9-10H2,1H3/p+1/t16-/m0/s1. The number of halogens is 2. The summed E-state index contributed by atoms with van der Waals surface area (Å²) in [4.78, 5) is 26.1. The van der Waals surface area contributed by atoms with Crippen molar-refractivity contribution < 1.29 is 19.6 Å². The Balaban J connectivity index is 1.68. The molecule has 0 spiro atoms. The van der Waals surface area contributed by atoms with Crippen LogP contribution in [0.5, 0.6) is 5.75 Å². The summed E-state index contributed by atoms with van der Waals surface area (Å²) in [6.07, 6.45) is 0.173. The monoisotopic (exact) mass is 379 g/mol. The minimum atomic E-state index is -0.441. The fourth-order valence-corrected chi connectivity index (χ4v) is 3.11. The van der Waals surface area contributed by atoms with Crippen LogP contribution in [0.2, 0.25) is 10.0 Å². The van der Waals surface area contributed by atoms with Crippen LogP contribution in [-0.4, -0.2) is 25.0 Å². The van der Waals surface area contributed by atoms with Crippen molar-refractivity contribution in [3.63, 3.8) is 0 Å². The molecule has 0 aromatic heterocycles. The van der Waals surface area contributed by atoms with Gasteiger partial charge in [0, 0.05) is 5.56 Å². The van der Waals surface area contributed by atoms with Gasteiger partial charge in [-0.2, -0.15) is 0 Å². The fraction of sp³-hybridized carbons (Fsp3) is 0.222. The number of methoxy groups -OCH3 is 1. The van der Waals surface area contributed by atoms with E-state index in [1.807, 2.05) is 11.4 Å². The second-order valence-corrected chi connectivity index (χ2v) is 6.58. The van der Waals surface area contributed by atoms with Gasteiger partial charge in [-0.3, -0.25) is 9.59 Å². The molecule has 0 aliphatic carbocycles. The lowest BCUT2D eigenvalue weighted by molar-refractivity contribution is -0.690. The van der Waals surface area contributed by atoms with Crippen LogP contribution in [0.4, 0.5) is 5.69 Å². The first-order valence-corrected chi connectivity index (χ1v) is 8.53. The van der Waals surface area contributed by atoms with Gasteiger partial charge in [-0.1, -0.05) is 29.3 Å². The molecule has 3 rings (SSSR count). The zero-order chi connectivity index (χ0) is 18.0. The summed E-state index contributed by atoms with van der Waals surface area (Å²) in [5.41, 5.74) is 1.50. The molecular weight excluding hydrogens is 363 g/mol. The Morgan fingerprint density at radius 1 is 1.12 bits per heavy atom. The smallest absolute Gasteiger partial charge is 0.292 e. The number of carbonyl (C=O) groups is 2. The number of amides is 2. The van der Waals surface area contributed by atoms with Crippen molar-refractivity contribution in [3.8, 4) is 5.75 Å². The number of rotatable bonds is 5. The van der Waals surface area contributed by atoms with Gasteiger partial charge in [-0.15, -0.1) is 0 Å². The molecule has 25 heavy (non-hydrogen) atoms. The van der Waals surface area contributed by atoms with Crippen molar-refractivity contribution in [2.45, 2.75) is 19.0 Å². The van der Waals surface area contributed by atoms with Crippen molar-refractivity contribution in [2.75, 3.05) is 12.0 Å². The van der Waals surface area contributed by atoms with E-state index in [4.69, 9.17) is 27.9 Å². The number of nitrogens with two attached hydrogens (primary N) is 1. The highest BCUT2D eigenvalue weighted by Crippen LogP contribution is 2.25. The van der Waals surface area contributed by atoms with Crippen LogP contribution < -0.4 is 15.0 Å². The molecular formula is C18H17Cl2N2O3+. The number of nitrogens with zero attached hydrogens (tertiary/aromatic N) is 1. The predicted octanol–water partition coefficient (Wildman–Crippen LogP) is 2.40. The minimum Gasteiger partial charge on any atom is -0.497 e. The molecule has 1 saturated heterocycles. The molecule has 0 saturated carbocycles. The summed E-state index contributed by atoms with van der Waals surface area (Å²) >= 11 is 11.9. The molecule has 1 atom stereocenters. The molecule has 1 heterocycles. The third kappa shape index (κ3) is 3.79. The maximum Gasteiger partial charge on any atom is 0.292 e. The molecule has 0 bridgehead atoms. The zero-order valence-electron chi connectivity index (χ0n) is 13.5. The van der Waals surface area contributed by atoms with E-state index in [2.05, 4.69) is 0 Å². The molecule has 1 aliphatic heterocycles. The number of carbonyl (C=O) groups excluding carboxylic acids is 2. The second-order valence-electron chi connectivity index (χ2n) is 5.76. The summed E-state index contributed by atoms with van der Waals surface area (Å²) in [6, 6.07) is 11.8.